The zero-order chi connectivity index (χ0) is 14.0. The maximum atomic E-state index is 10.1. The van der Waals surface area contributed by atoms with Crippen LogP contribution in [0.2, 0.25) is 0 Å². The van der Waals surface area contributed by atoms with Crippen LogP contribution in [-0.2, 0) is 0 Å². The van der Waals surface area contributed by atoms with Crippen molar-refractivity contribution in [3.63, 3.8) is 0 Å². The Labute approximate surface area is 120 Å². The number of anilines is 2. The van der Waals surface area contributed by atoms with Crippen LogP contribution in [0, 0.1) is 5.92 Å². The summed E-state index contributed by atoms with van der Waals surface area (Å²) < 4.78 is 0. The average molecular weight is 276 g/mol. The van der Waals surface area contributed by atoms with E-state index in [-0.39, 0.29) is 0 Å². The molecule has 2 fully saturated rings. The number of nitrogens with zero attached hydrogens (tertiary/aromatic N) is 3. The maximum Gasteiger partial charge on any atom is 0.134 e. The molecule has 2 N–H and O–H groups in total. The molecule has 0 spiro atoms. The summed E-state index contributed by atoms with van der Waals surface area (Å²) in [4.78, 5) is 11.0. The van der Waals surface area contributed by atoms with Gasteiger partial charge in [-0.3, -0.25) is 0 Å². The van der Waals surface area contributed by atoms with Crippen LogP contribution in [0.5, 0.6) is 0 Å². The number of hydrogen-bond donors (Lipinski definition) is 2. The van der Waals surface area contributed by atoms with Crippen molar-refractivity contribution in [3.05, 3.63) is 12.4 Å². The van der Waals surface area contributed by atoms with Crippen molar-refractivity contribution in [2.75, 3.05) is 29.9 Å². The van der Waals surface area contributed by atoms with Crippen LogP contribution in [0.15, 0.2) is 12.4 Å². The lowest BCUT2D eigenvalue weighted by atomic mass is 9.80. The second kappa shape index (κ2) is 5.56. The lowest BCUT2D eigenvalue weighted by Crippen LogP contribution is -2.43. The quantitative estimate of drug-likeness (QED) is 0.881. The van der Waals surface area contributed by atoms with Gasteiger partial charge in [-0.05, 0) is 38.0 Å². The summed E-state index contributed by atoms with van der Waals surface area (Å²) in [5.74, 6) is 2.54. The first kappa shape index (κ1) is 13.6. The maximum absolute atomic E-state index is 10.1. The summed E-state index contributed by atoms with van der Waals surface area (Å²) in [5.41, 5.74) is -0.523. The average Bonchev–Trinajstić information content (AvgIpc) is 2.43. The fourth-order valence-corrected chi connectivity index (χ4v) is 3.03. The Hall–Kier alpha value is -1.36. The van der Waals surface area contributed by atoms with Crippen LogP contribution in [0.25, 0.3) is 0 Å². The molecule has 1 saturated carbocycles. The predicted octanol–water partition coefficient (Wildman–Crippen LogP) is 2.04. The molecule has 1 saturated heterocycles. The molecule has 3 rings (SSSR count). The molecule has 2 heterocycles. The Morgan fingerprint density at radius 3 is 2.95 bits per heavy atom. The highest BCUT2D eigenvalue weighted by atomic mass is 16.3. The number of aliphatic hydroxyl groups is 1. The highest BCUT2D eigenvalue weighted by Crippen LogP contribution is 2.31. The summed E-state index contributed by atoms with van der Waals surface area (Å²) in [6, 6.07) is 2.00. The Bertz CT molecular complexity index is 461. The Kier molecular flexibility index (Phi) is 3.78. The number of rotatable bonds is 4. The van der Waals surface area contributed by atoms with Crippen molar-refractivity contribution in [1.82, 2.24) is 9.97 Å². The van der Waals surface area contributed by atoms with Gasteiger partial charge >= 0.3 is 0 Å². The monoisotopic (exact) mass is 276 g/mol. The standard InChI is InChI=1S/C15H24N4O/c1-12-4-2-7-19(9-12)14-8-13(17-11-18-14)16-10-15(20)5-3-6-15/h8,11-12,20H,2-7,9-10H2,1H3,(H,16,17,18). The minimum atomic E-state index is -0.523. The third-order valence-corrected chi connectivity index (χ3v) is 4.52. The van der Waals surface area contributed by atoms with Gasteiger partial charge in [0.05, 0.1) is 5.60 Å². The minimum Gasteiger partial charge on any atom is -0.388 e. The van der Waals surface area contributed by atoms with Crippen LogP contribution >= 0.6 is 0 Å². The number of nitrogens with one attached hydrogen (secondary N) is 1. The van der Waals surface area contributed by atoms with E-state index in [1.807, 2.05) is 6.07 Å². The van der Waals surface area contributed by atoms with Gasteiger partial charge in [-0.25, -0.2) is 9.97 Å². The molecule has 1 unspecified atom stereocenters. The third-order valence-electron chi connectivity index (χ3n) is 4.52. The second-order valence-electron chi connectivity index (χ2n) is 6.39. The molecule has 1 aromatic heterocycles. The molecule has 5 heteroatoms. The molecule has 1 aliphatic carbocycles. The fraction of sp³-hybridized carbons (Fsp3) is 0.733. The third kappa shape index (κ3) is 3.03. The molecule has 0 amide bonds. The molecule has 1 aromatic rings. The van der Waals surface area contributed by atoms with E-state index in [0.29, 0.717) is 6.54 Å². The molecule has 110 valence electrons. The van der Waals surface area contributed by atoms with Gasteiger partial charge < -0.3 is 15.3 Å². The number of piperidine rings is 1. The van der Waals surface area contributed by atoms with Crippen LogP contribution in [0.4, 0.5) is 11.6 Å². The molecule has 1 aliphatic heterocycles. The van der Waals surface area contributed by atoms with Crippen LogP contribution < -0.4 is 10.2 Å². The Morgan fingerprint density at radius 1 is 1.40 bits per heavy atom. The fourth-order valence-electron chi connectivity index (χ4n) is 3.03. The summed E-state index contributed by atoms with van der Waals surface area (Å²) in [5, 5.41) is 13.4. The lowest BCUT2D eigenvalue weighted by Gasteiger charge is -2.36. The summed E-state index contributed by atoms with van der Waals surface area (Å²) in [7, 11) is 0. The summed E-state index contributed by atoms with van der Waals surface area (Å²) in [6.45, 7) is 5.02. The number of hydrogen-bond acceptors (Lipinski definition) is 5. The molecule has 0 aromatic carbocycles. The molecule has 0 bridgehead atoms. The van der Waals surface area contributed by atoms with Crippen molar-refractivity contribution in [3.8, 4) is 0 Å². The first-order valence-corrected chi connectivity index (χ1v) is 7.68. The normalized spacial score (nSPS) is 25.1. The van der Waals surface area contributed by atoms with Crippen molar-refractivity contribution in [1.29, 1.82) is 0 Å². The van der Waals surface area contributed by atoms with E-state index in [2.05, 4.69) is 27.1 Å². The topological polar surface area (TPSA) is 61.3 Å². The first-order valence-electron chi connectivity index (χ1n) is 7.68. The van der Waals surface area contributed by atoms with Crippen molar-refractivity contribution in [2.24, 2.45) is 5.92 Å². The molecule has 2 aliphatic rings. The van der Waals surface area contributed by atoms with E-state index >= 15 is 0 Å². The first-order chi connectivity index (χ1) is 9.65. The van der Waals surface area contributed by atoms with Gasteiger partial charge in [-0.15, -0.1) is 0 Å². The van der Waals surface area contributed by atoms with E-state index in [1.54, 1.807) is 6.33 Å². The second-order valence-corrected chi connectivity index (χ2v) is 6.39. The van der Waals surface area contributed by atoms with E-state index in [4.69, 9.17) is 0 Å². The minimum absolute atomic E-state index is 0.523. The van der Waals surface area contributed by atoms with Crippen molar-refractivity contribution >= 4 is 11.6 Å². The van der Waals surface area contributed by atoms with Gasteiger partial charge in [0.15, 0.2) is 0 Å². The largest absolute Gasteiger partial charge is 0.388 e. The highest BCUT2D eigenvalue weighted by molar-refractivity contribution is 5.48. The van der Waals surface area contributed by atoms with Crippen LogP contribution in [-0.4, -0.2) is 40.3 Å². The zero-order valence-corrected chi connectivity index (χ0v) is 12.2. The summed E-state index contributed by atoms with van der Waals surface area (Å²) in [6.07, 6.45) is 7.05. The molecule has 1 atom stereocenters. The predicted molar refractivity (Wildman–Crippen MR) is 79.9 cm³/mol. The zero-order valence-electron chi connectivity index (χ0n) is 12.2. The van der Waals surface area contributed by atoms with Crippen molar-refractivity contribution in [2.45, 2.75) is 44.6 Å². The Morgan fingerprint density at radius 2 is 2.25 bits per heavy atom. The molecule has 5 nitrogen and oxygen atoms in total. The Balaban J connectivity index is 1.63. The van der Waals surface area contributed by atoms with E-state index in [0.717, 1.165) is 49.9 Å². The van der Waals surface area contributed by atoms with Gasteiger partial charge in [0.2, 0.25) is 0 Å². The molecule has 0 radical (unpaired) electrons. The molecule has 20 heavy (non-hydrogen) atoms. The van der Waals surface area contributed by atoms with Gasteiger partial charge in [-0.2, -0.15) is 0 Å². The van der Waals surface area contributed by atoms with Gasteiger partial charge in [0.25, 0.3) is 0 Å². The van der Waals surface area contributed by atoms with Gasteiger partial charge in [-0.1, -0.05) is 6.92 Å². The smallest absolute Gasteiger partial charge is 0.134 e. The van der Waals surface area contributed by atoms with Crippen LogP contribution in [0.3, 0.4) is 0 Å². The summed E-state index contributed by atoms with van der Waals surface area (Å²) >= 11 is 0. The van der Waals surface area contributed by atoms with Gasteiger partial charge in [0, 0.05) is 25.7 Å². The lowest BCUT2D eigenvalue weighted by molar-refractivity contribution is -0.0202. The van der Waals surface area contributed by atoms with Gasteiger partial charge in [0.1, 0.15) is 18.0 Å². The highest BCUT2D eigenvalue weighted by Gasteiger charge is 2.34. The molecular weight excluding hydrogens is 252 g/mol. The van der Waals surface area contributed by atoms with Crippen LogP contribution in [0.1, 0.15) is 39.0 Å². The SMILES string of the molecule is CC1CCCN(c2cc(NCC3(O)CCC3)ncn2)C1. The number of aromatic nitrogens is 2. The molecular formula is C15H24N4O. The van der Waals surface area contributed by atoms with E-state index < -0.39 is 5.60 Å². The van der Waals surface area contributed by atoms with Crippen molar-refractivity contribution < 1.29 is 5.11 Å². The van der Waals surface area contributed by atoms with E-state index in [1.165, 1.54) is 12.8 Å². The van der Waals surface area contributed by atoms with E-state index in [9.17, 15) is 5.11 Å².